The first-order valence-corrected chi connectivity index (χ1v) is 8.52. The van der Waals surface area contributed by atoms with E-state index in [9.17, 15) is 0 Å². The van der Waals surface area contributed by atoms with Gasteiger partial charge in [-0.05, 0) is 36.2 Å². The van der Waals surface area contributed by atoms with Gasteiger partial charge in [0.25, 0.3) is 0 Å². The second-order valence-corrected chi connectivity index (χ2v) is 6.32. The maximum absolute atomic E-state index is 6.43. The fraction of sp³-hybridized carbons (Fsp3) is 0.400. The molecule has 5 nitrogen and oxygen atoms in total. The fourth-order valence-electron chi connectivity index (χ4n) is 3.45. The maximum Gasteiger partial charge on any atom is 0.162 e. The molecular formula is C20H26N2O3. The Labute approximate surface area is 149 Å². The van der Waals surface area contributed by atoms with Crippen molar-refractivity contribution in [1.29, 1.82) is 0 Å². The van der Waals surface area contributed by atoms with Crippen LogP contribution in [0.4, 0.5) is 5.69 Å². The minimum atomic E-state index is 0.142. The van der Waals surface area contributed by atoms with Crippen molar-refractivity contribution in [3.05, 3.63) is 48.0 Å². The molecule has 1 aliphatic rings. The molecule has 1 fully saturated rings. The molecule has 3 rings (SSSR count). The van der Waals surface area contributed by atoms with Crippen LogP contribution in [0.2, 0.25) is 0 Å². The largest absolute Gasteiger partial charge is 0.497 e. The van der Waals surface area contributed by atoms with Gasteiger partial charge in [-0.15, -0.1) is 0 Å². The summed E-state index contributed by atoms with van der Waals surface area (Å²) in [4.78, 5) is 2.36. The SMILES string of the molecule is COc1cccc(C2CN(c3ccc(OC)c(OC)c3)CCC2N)c1. The zero-order valence-corrected chi connectivity index (χ0v) is 15.1. The van der Waals surface area contributed by atoms with Gasteiger partial charge in [0, 0.05) is 36.8 Å². The van der Waals surface area contributed by atoms with Gasteiger partial charge in [0.05, 0.1) is 21.3 Å². The normalized spacial score (nSPS) is 20.2. The average molecular weight is 342 g/mol. The third-order valence-electron chi connectivity index (χ3n) is 4.92. The van der Waals surface area contributed by atoms with E-state index in [4.69, 9.17) is 19.9 Å². The Morgan fingerprint density at radius 3 is 2.48 bits per heavy atom. The van der Waals surface area contributed by atoms with Crippen molar-refractivity contribution in [2.24, 2.45) is 5.73 Å². The Morgan fingerprint density at radius 1 is 0.960 bits per heavy atom. The molecule has 2 aromatic carbocycles. The lowest BCUT2D eigenvalue weighted by Gasteiger charge is -2.38. The van der Waals surface area contributed by atoms with E-state index in [0.29, 0.717) is 0 Å². The average Bonchev–Trinajstić information content (AvgIpc) is 2.67. The van der Waals surface area contributed by atoms with E-state index in [1.807, 2.05) is 24.3 Å². The van der Waals surface area contributed by atoms with Crippen LogP contribution in [0.25, 0.3) is 0 Å². The summed E-state index contributed by atoms with van der Waals surface area (Å²) in [5, 5.41) is 0. The number of piperidine rings is 1. The van der Waals surface area contributed by atoms with Gasteiger partial charge in [-0.25, -0.2) is 0 Å². The summed E-state index contributed by atoms with van der Waals surface area (Å²) in [7, 11) is 5.00. The summed E-state index contributed by atoms with van der Waals surface area (Å²) in [6, 6.07) is 14.4. The first kappa shape index (κ1) is 17.4. The van der Waals surface area contributed by atoms with Gasteiger partial charge < -0.3 is 24.8 Å². The van der Waals surface area contributed by atoms with E-state index in [2.05, 4.69) is 23.1 Å². The molecular weight excluding hydrogens is 316 g/mol. The van der Waals surface area contributed by atoms with Crippen molar-refractivity contribution >= 4 is 5.69 Å². The molecule has 2 unspecified atom stereocenters. The molecule has 2 atom stereocenters. The van der Waals surface area contributed by atoms with Gasteiger partial charge in [0.15, 0.2) is 11.5 Å². The quantitative estimate of drug-likeness (QED) is 0.905. The summed E-state index contributed by atoms with van der Waals surface area (Å²) >= 11 is 0. The standard InChI is InChI=1S/C20H26N2O3/c1-23-16-6-4-5-14(11-16)17-13-22(10-9-18(17)21)15-7-8-19(24-2)20(12-15)25-3/h4-8,11-12,17-18H,9-10,13,21H2,1-3H3. The number of ether oxygens (including phenoxy) is 3. The molecule has 5 heteroatoms. The number of nitrogens with zero attached hydrogens (tertiary/aromatic N) is 1. The van der Waals surface area contributed by atoms with E-state index in [1.165, 1.54) is 5.56 Å². The van der Waals surface area contributed by atoms with Crippen LogP contribution in [0.5, 0.6) is 17.2 Å². The molecule has 0 radical (unpaired) electrons. The van der Waals surface area contributed by atoms with Gasteiger partial charge in [0.1, 0.15) is 5.75 Å². The van der Waals surface area contributed by atoms with E-state index in [0.717, 1.165) is 42.4 Å². The number of methoxy groups -OCH3 is 3. The van der Waals surface area contributed by atoms with Crippen LogP contribution in [-0.2, 0) is 0 Å². The van der Waals surface area contributed by atoms with Crippen LogP contribution in [0.15, 0.2) is 42.5 Å². The highest BCUT2D eigenvalue weighted by Gasteiger charge is 2.28. The second-order valence-electron chi connectivity index (χ2n) is 6.32. The minimum Gasteiger partial charge on any atom is -0.497 e. The van der Waals surface area contributed by atoms with E-state index in [-0.39, 0.29) is 12.0 Å². The van der Waals surface area contributed by atoms with E-state index in [1.54, 1.807) is 21.3 Å². The molecule has 134 valence electrons. The highest BCUT2D eigenvalue weighted by atomic mass is 16.5. The summed E-state index contributed by atoms with van der Waals surface area (Å²) in [6.45, 7) is 1.79. The van der Waals surface area contributed by atoms with Crippen molar-refractivity contribution < 1.29 is 14.2 Å². The number of anilines is 1. The summed E-state index contributed by atoms with van der Waals surface area (Å²) in [5.74, 6) is 2.61. The molecule has 0 bridgehead atoms. The summed E-state index contributed by atoms with van der Waals surface area (Å²) in [5.41, 5.74) is 8.77. The van der Waals surface area contributed by atoms with Crippen LogP contribution in [0, 0.1) is 0 Å². The van der Waals surface area contributed by atoms with Gasteiger partial charge >= 0.3 is 0 Å². The molecule has 1 heterocycles. The molecule has 0 saturated carbocycles. The lowest BCUT2D eigenvalue weighted by Crippen LogP contribution is -2.45. The second kappa shape index (κ2) is 7.66. The number of rotatable bonds is 5. The molecule has 2 aromatic rings. The predicted octanol–water partition coefficient (Wildman–Crippen LogP) is 3.03. The Bertz CT molecular complexity index is 720. The topological polar surface area (TPSA) is 57.0 Å². The summed E-state index contributed by atoms with van der Waals surface area (Å²) in [6.07, 6.45) is 0.941. The lowest BCUT2D eigenvalue weighted by molar-refractivity contribution is 0.354. The highest BCUT2D eigenvalue weighted by Crippen LogP contribution is 2.35. The van der Waals surface area contributed by atoms with Gasteiger partial charge in [-0.1, -0.05) is 12.1 Å². The molecule has 0 aliphatic carbocycles. The van der Waals surface area contributed by atoms with Crippen LogP contribution in [-0.4, -0.2) is 40.5 Å². The Balaban J connectivity index is 1.85. The van der Waals surface area contributed by atoms with Crippen molar-refractivity contribution in [2.75, 3.05) is 39.3 Å². The number of benzene rings is 2. The Hall–Kier alpha value is -2.40. The third-order valence-corrected chi connectivity index (χ3v) is 4.92. The summed E-state index contributed by atoms with van der Waals surface area (Å²) < 4.78 is 16.1. The number of hydrogen-bond donors (Lipinski definition) is 1. The van der Waals surface area contributed by atoms with E-state index >= 15 is 0 Å². The predicted molar refractivity (Wildman–Crippen MR) is 100 cm³/mol. The number of nitrogens with two attached hydrogens (primary N) is 1. The van der Waals surface area contributed by atoms with Crippen LogP contribution in [0.1, 0.15) is 17.9 Å². The molecule has 2 N–H and O–H groups in total. The lowest BCUT2D eigenvalue weighted by atomic mass is 9.86. The molecule has 1 aliphatic heterocycles. The first-order chi connectivity index (χ1) is 12.2. The first-order valence-electron chi connectivity index (χ1n) is 8.52. The molecule has 0 spiro atoms. The number of hydrogen-bond acceptors (Lipinski definition) is 5. The third kappa shape index (κ3) is 3.66. The minimum absolute atomic E-state index is 0.142. The molecule has 1 saturated heterocycles. The van der Waals surface area contributed by atoms with Crippen LogP contribution >= 0.6 is 0 Å². The molecule has 0 amide bonds. The van der Waals surface area contributed by atoms with Crippen molar-refractivity contribution in [1.82, 2.24) is 0 Å². The molecule has 0 aromatic heterocycles. The highest BCUT2D eigenvalue weighted by molar-refractivity contribution is 5.57. The smallest absolute Gasteiger partial charge is 0.162 e. The Morgan fingerprint density at radius 2 is 1.76 bits per heavy atom. The zero-order chi connectivity index (χ0) is 17.8. The van der Waals surface area contributed by atoms with Gasteiger partial charge in [-0.3, -0.25) is 0 Å². The maximum atomic E-state index is 6.43. The van der Waals surface area contributed by atoms with Gasteiger partial charge in [-0.2, -0.15) is 0 Å². The fourth-order valence-corrected chi connectivity index (χ4v) is 3.45. The van der Waals surface area contributed by atoms with Crippen molar-refractivity contribution in [3.8, 4) is 17.2 Å². The van der Waals surface area contributed by atoms with Crippen molar-refractivity contribution in [3.63, 3.8) is 0 Å². The van der Waals surface area contributed by atoms with Crippen LogP contribution < -0.4 is 24.8 Å². The van der Waals surface area contributed by atoms with Gasteiger partial charge in [0.2, 0.25) is 0 Å². The van der Waals surface area contributed by atoms with Crippen LogP contribution in [0.3, 0.4) is 0 Å². The van der Waals surface area contributed by atoms with Crippen molar-refractivity contribution in [2.45, 2.75) is 18.4 Å². The zero-order valence-electron chi connectivity index (χ0n) is 15.1. The Kier molecular flexibility index (Phi) is 5.34. The van der Waals surface area contributed by atoms with E-state index < -0.39 is 0 Å². The monoisotopic (exact) mass is 342 g/mol. The molecule has 25 heavy (non-hydrogen) atoms.